The van der Waals surface area contributed by atoms with Gasteiger partial charge in [0, 0.05) is 18.9 Å². The van der Waals surface area contributed by atoms with E-state index >= 15 is 0 Å². The maximum atomic E-state index is 11.8. The van der Waals surface area contributed by atoms with E-state index in [0.717, 1.165) is 12.0 Å². The van der Waals surface area contributed by atoms with E-state index in [4.69, 9.17) is 5.73 Å². The number of hydrogen-bond donors (Lipinski definition) is 1. The number of hydrogen-bond acceptors (Lipinski definition) is 3. The van der Waals surface area contributed by atoms with Crippen LogP contribution in [0.2, 0.25) is 0 Å². The molecular weight excluding hydrogens is 242 g/mol. The minimum Gasteiger partial charge on any atom is -0.324 e. The van der Waals surface area contributed by atoms with E-state index in [1.807, 2.05) is 35.7 Å². The van der Waals surface area contributed by atoms with Gasteiger partial charge in [-0.1, -0.05) is 30.3 Å². The molecule has 1 aromatic carbocycles. The fraction of sp³-hybridized carbons (Fsp3) is 0.267. The zero-order valence-electron chi connectivity index (χ0n) is 10.2. The summed E-state index contributed by atoms with van der Waals surface area (Å²) in [5.41, 5.74) is 8.29. The van der Waals surface area contributed by atoms with Crippen molar-refractivity contribution in [2.75, 3.05) is 0 Å². The van der Waals surface area contributed by atoms with Crippen LogP contribution in [0.4, 0.5) is 0 Å². The summed E-state index contributed by atoms with van der Waals surface area (Å²) in [6.45, 7) is 0. The number of rotatable bonds is 6. The summed E-state index contributed by atoms with van der Waals surface area (Å²) in [6, 6.07) is 11.7. The fourth-order valence-electron chi connectivity index (χ4n) is 1.88. The van der Waals surface area contributed by atoms with Crippen molar-refractivity contribution in [1.82, 2.24) is 0 Å². The number of ketones is 1. The molecule has 1 atom stereocenters. The molecule has 0 fully saturated rings. The Morgan fingerprint density at radius 3 is 2.67 bits per heavy atom. The SMILES string of the molecule is NC(CC(=O)CCc1ccsc1)c1ccccc1. The van der Waals surface area contributed by atoms with Gasteiger partial charge >= 0.3 is 0 Å². The first-order valence-corrected chi connectivity index (χ1v) is 7.03. The maximum Gasteiger partial charge on any atom is 0.135 e. The largest absolute Gasteiger partial charge is 0.324 e. The third-order valence-electron chi connectivity index (χ3n) is 2.95. The van der Waals surface area contributed by atoms with Crippen molar-refractivity contribution in [2.45, 2.75) is 25.3 Å². The van der Waals surface area contributed by atoms with Gasteiger partial charge < -0.3 is 5.73 Å². The van der Waals surface area contributed by atoms with Crippen molar-refractivity contribution >= 4 is 17.1 Å². The summed E-state index contributed by atoms with van der Waals surface area (Å²) in [6.07, 6.45) is 1.83. The fourth-order valence-corrected chi connectivity index (χ4v) is 2.59. The van der Waals surface area contributed by atoms with Gasteiger partial charge in [-0.2, -0.15) is 11.3 Å². The summed E-state index contributed by atoms with van der Waals surface area (Å²) in [5.74, 6) is 0.234. The highest BCUT2D eigenvalue weighted by Gasteiger charge is 2.11. The topological polar surface area (TPSA) is 43.1 Å². The van der Waals surface area contributed by atoms with Crippen LogP contribution in [0.15, 0.2) is 47.2 Å². The Labute approximate surface area is 111 Å². The molecule has 2 rings (SSSR count). The molecule has 0 saturated carbocycles. The van der Waals surface area contributed by atoms with Crippen LogP contribution in [0, 0.1) is 0 Å². The first-order valence-electron chi connectivity index (χ1n) is 6.09. The monoisotopic (exact) mass is 259 g/mol. The number of Topliss-reactive ketones (excluding diaryl/α,β-unsaturated/α-hetero) is 1. The average Bonchev–Trinajstić information content (AvgIpc) is 2.90. The normalized spacial score (nSPS) is 12.3. The molecule has 0 bridgehead atoms. The molecule has 1 unspecified atom stereocenters. The standard InChI is InChI=1S/C15H17NOS/c16-15(13-4-2-1-3-5-13)10-14(17)7-6-12-8-9-18-11-12/h1-5,8-9,11,15H,6-7,10,16H2. The van der Waals surface area contributed by atoms with Crippen LogP contribution in [-0.2, 0) is 11.2 Å². The Morgan fingerprint density at radius 2 is 2.00 bits per heavy atom. The molecular formula is C15H17NOS. The Hall–Kier alpha value is -1.45. The molecule has 0 aliphatic rings. The van der Waals surface area contributed by atoms with Crippen LogP contribution in [0.3, 0.4) is 0 Å². The van der Waals surface area contributed by atoms with E-state index in [9.17, 15) is 4.79 Å². The first-order chi connectivity index (χ1) is 8.75. The number of aryl methyl sites for hydroxylation is 1. The Kier molecular flexibility index (Phi) is 4.67. The van der Waals surface area contributed by atoms with Gasteiger partial charge in [-0.25, -0.2) is 0 Å². The molecule has 0 spiro atoms. The molecule has 0 saturated heterocycles. The van der Waals surface area contributed by atoms with Gasteiger partial charge in [0.1, 0.15) is 5.78 Å². The number of carbonyl (C=O) groups is 1. The molecule has 94 valence electrons. The van der Waals surface area contributed by atoms with Crippen molar-refractivity contribution in [3.63, 3.8) is 0 Å². The van der Waals surface area contributed by atoms with Crippen molar-refractivity contribution in [2.24, 2.45) is 5.73 Å². The molecule has 1 aromatic heterocycles. The van der Waals surface area contributed by atoms with E-state index in [0.29, 0.717) is 12.8 Å². The van der Waals surface area contributed by atoms with E-state index in [1.165, 1.54) is 5.56 Å². The van der Waals surface area contributed by atoms with Crippen LogP contribution < -0.4 is 5.73 Å². The summed E-state index contributed by atoms with van der Waals surface area (Å²) in [5, 5.41) is 4.12. The number of carbonyl (C=O) groups excluding carboxylic acids is 1. The first kappa shape index (κ1) is 13.0. The zero-order valence-corrected chi connectivity index (χ0v) is 11.0. The number of benzene rings is 1. The van der Waals surface area contributed by atoms with Crippen molar-refractivity contribution in [3.8, 4) is 0 Å². The lowest BCUT2D eigenvalue weighted by Gasteiger charge is -2.10. The number of nitrogens with two attached hydrogens (primary N) is 1. The van der Waals surface area contributed by atoms with Crippen molar-refractivity contribution in [1.29, 1.82) is 0 Å². The zero-order chi connectivity index (χ0) is 12.8. The van der Waals surface area contributed by atoms with E-state index in [-0.39, 0.29) is 11.8 Å². The van der Waals surface area contributed by atoms with Crippen molar-refractivity contribution in [3.05, 3.63) is 58.3 Å². The third-order valence-corrected chi connectivity index (χ3v) is 3.68. The lowest BCUT2D eigenvalue weighted by atomic mass is 9.99. The lowest BCUT2D eigenvalue weighted by Crippen LogP contribution is -2.15. The molecule has 0 aliphatic carbocycles. The quantitative estimate of drug-likeness (QED) is 0.864. The second-order valence-electron chi connectivity index (χ2n) is 4.39. The molecule has 2 aromatic rings. The molecule has 3 heteroatoms. The Bertz CT molecular complexity index is 478. The van der Waals surface area contributed by atoms with Crippen molar-refractivity contribution < 1.29 is 4.79 Å². The lowest BCUT2D eigenvalue weighted by molar-refractivity contribution is -0.119. The Morgan fingerprint density at radius 1 is 1.22 bits per heavy atom. The molecule has 0 radical (unpaired) electrons. The van der Waals surface area contributed by atoms with Gasteiger partial charge in [0.15, 0.2) is 0 Å². The second-order valence-corrected chi connectivity index (χ2v) is 5.17. The van der Waals surface area contributed by atoms with Crippen LogP contribution >= 0.6 is 11.3 Å². The van der Waals surface area contributed by atoms with Gasteiger partial charge in [-0.05, 0) is 34.4 Å². The summed E-state index contributed by atoms with van der Waals surface area (Å²) >= 11 is 1.67. The highest BCUT2D eigenvalue weighted by molar-refractivity contribution is 7.07. The van der Waals surface area contributed by atoms with E-state index in [1.54, 1.807) is 11.3 Å². The highest BCUT2D eigenvalue weighted by atomic mass is 32.1. The van der Waals surface area contributed by atoms with Gasteiger partial charge in [0.2, 0.25) is 0 Å². The van der Waals surface area contributed by atoms with E-state index < -0.39 is 0 Å². The van der Waals surface area contributed by atoms with Gasteiger partial charge in [0.25, 0.3) is 0 Å². The molecule has 0 amide bonds. The van der Waals surface area contributed by atoms with Crippen LogP contribution in [0.5, 0.6) is 0 Å². The maximum absolute atomic E-state index is 11.8. The highest BCUT2D eigenvalue weighted by Crippen LogP contribution is 2.16. The summed E-state index contributed by atoms with van der Waals surface area (Å²) in [4.78, 5) is 11.8. The van der Waals surface area contributed by atoms with Crippen LogP contribution in [0.25, 0.3) is 0 Å². The smallest absolute Gasteiger partial charge is 0.135 e. The van der Waals surface area contributed by atoms with Crippen LogP contribution in [0.1, 0.15) is 30.0 Å². The minimum absolute atomic E-state index is 0.179. The van der Waals surface area contributed by atoms with Gasteiger partial charge in [-0.15, -0.1) is 0 Å². The van der Waals surface area contributed by atoms with E-state index in [2.05, 4.69) is 11.4 Å². The summed E-state index contributed by atoms with van der Waals surface area (Å²) < 4.78 is 0. The molecule has 1 heterocycles. The Balaban J connectivity index is 1.80. The number of thiophene rings is 1. The predicted molar refractivity (Wildman–Crippen MR) is 75.6 cm³/mol. The summed E-state index contributed by atoms with van der Waals surface area (Å²) in [7, 11) is 0. The van der Waals surface area contributed by atoms with Gasteiger partial charge in [-0.3, -0.25) is 4.79 Å². The predicted octanol–water partition coefficient (Wildman–Crippen LogP) is 3.34. The van der Waals surface area contributed by atoms with Crippen LogP contribution in [-0.4, -0.2) is 5.78 Å². The second kappa shape index (κ2) is 6.47. The molecule has 18 heavy (non-hydrogen) atoms. The third kappa shape index (κ3) is 3.79. The molecule has 2 nitrogen and oxygen atoms in total. The molecule has 2 N–H and O–H groups in total. The molecule has 0 aliphatic heterocycles. The minimum atomic E-state index is -0.179. The van der Waals surface area contributed by atoms with Gasteiger partial charge in [0.05, 0.1) is 0 Å². The average molecular weight is 259 g/mol.